The predicted octanol–water partition coefficient (Wildman–Crippen LogP) is 2.79. The van der Waals surface area contributed by atoms with E-state index >= 15 is 0 Å². The summed E-state index contributed by atoms with van der Waals surface area (Å²) in [6.45, 7) is 14.0. The molecule has 3 nitrogen and oxygen atoms in total. The van der Waals surface area contributed by atoms with Crippen molar-refractivity contribution in [3.8, 4) is 5.75 Å². The summed E-state index contributed by atoms with van der Waals surface area (Å²) < 4.78 is 5.91. The maximum atomic E-state index is 5.91. The number of hydrogen-bond acceptors (Lipinski definition) is 3. The van der Waals surface area contributed by atoms with Gasteiger partial charge >= 0.3 is 0 Å². The Hall–Kier alpha value is -1.06. The molecule has 1 aromatic carbocycles. The lowest BCUT2D eigenvalue weighted by atomic mass is 9.98. The van der Waals surface area contributed by atoms with Crippen LogP contribution in [0.5, 0.6) is 5.75 Å². The Balaban J connectivity index is 1.83. The number of aryl methyl sites for hydroxylation is 1. The van der Waals surface area contributed by atoms with Gasteiger partial charge < -0.3 is 10.1 Å². The van der Waals surface area contributed by atoms with Gasteiger partial charge in [-0.1, -0.05) is 26.8 Å². The largest absolute Gasteiger partial charge is 0.492 e. The van der Waals surface area contributed by atoms with Gasteiger partial charge in [0.2, 0.25) is 0 Å². The number of likely N-dealkylation sites (N-methyl/N-ethyl adjacent to an activating group) is 1. The average Bonchev–Trinajstić information content (AvgIpc) is 2.35. The first-order chi connectivity index (χ1) is 9.61. The maximum absolute atomic E-state index is 5.91. The fourth-order valence-electron chi connectivity index (χ4n) is 2.80. The van der Waals surface area contributed by atoms with Crippen LogP contribution in [0, 0.1) is 6.92 Å². The van der Waals surface area contributed by atoms with E-state index in [0.717, 1.165) is 38.5 Å². The fourth-order valence-corrected chi connectivity index (χ4v) is 2.80. The van der Waals surface area contributed by atoms with Crippen molar-refractivity contribution in [2.45, 2.75) is 39.7 Å². The summed E-state index contributed by atoms with van der Waals surface area (Å²) >= 11 is 0. The van der Waals surface area contributed by atoms with Crippen molar-refractivity contribution in [2.75, 3.05) is 32.8 Å². The van der Waals surface area contributed by atoms with Crippen LogP contribution in [-0.4, -0.2) is 43.7 Å². The molecule has 20 heavy (non-hydrogen) atoms. The third kappa shape index (κ3) is 3.74. The zero-order valence-electron chi connectivity index (χ0n) is 13.3. The van der Waals surface area contributed by atoms with E-state index in [9.17, 15) is 0 Å². The van der Waals surface area contributed by atoms with E-state index in [-0.39, 0.29) is 0 Å². The monoisotopic (exact) mass is 276 g/mol. The van der Waals surface area contributed by atoms with E-state index in [4.69, 9.17) is 4.74 Å². The number of ether oxygens (including phenoxy) is 1. The molecule has 112 valence electrons. The van der Waals surface area contributed by atoms with E-state index in [0.29, 0.717) is 12.0 Å². The van der Waals surface area contributed by atoms with Crippen LogP contribution in [0.2, 0.25) is 0 Å². The van der Waals surface area contributed by atoms with E-state index in [1.165, 1.54) is 11.1 Å². The predicted molar refractivity (Wildman–Crippen MR) is 84.7 cm³/mol. The number of hydrogen-bond donors (Lipinski definition) is 1. The third-order valence-electron chi connectivity index (χ3n) is 4.19. The number of nitrogens with zero attached hydrogens (tertiary/aromatic N) is 1. The molecule has 1 fully saturated rings. The highest BCUT2D eigenvalue weighted by Gasteiger charge is 2.22. The summed E-state index contributed by atoms with van der Waals surface area (Å²) in [6, 6.07) is 7.16. The first-order valence-electron chi connectivity index (χ1n) is 7.80. The molecule has 1 aliphatic rings. The van der Waals surface area contributed by atoms with Gasteiger partial charge in [-0.15, -0.1) is 0 Å². The molecule has 0 aliphatic carbocycles. The van der Waals surface area contributed by atoms with Crippen LogP contribution in [0.1, 0.15) is 37.8 Å². The SMILES string of the molecule is CCN(CCOc1ccc(C(C)C)c(C)c1)C1CNC1. The number of rotatable bonds is 7. The highest BCUT2D eigenvalue weighted by atomic mass is 16.5. The molecule has 0 atom stereocenters. The lowest BCUT2D eigenvalue weighted by Crippen LogP contribution is -2.57. The van der Waals surface area contributed by atoms with E-state index in [1.54, 1.807) is 0 Å². The second kappa shape index (κ2) is 7.09. The fraction of sp³-hybridized carbons (Fsp3) is 0.647. The van der Waals surface area contributed by atoms with Crippen molar-refractivity contribution in [3.63, 3.8) is 0 Å². The summed E-state index contributed by atoms with van der Waals surface area (Å²) in [7, 11) is 0. The molecular formula is C17H28N2O. The van der Waals surface area contributed by atoms with Gasteiger partial charge in [0.05, 0.1) is 0 Å². The quantitative estimate of drug-likeness (QED) is 0.829. The third-order valence-corrected chi connectivity index (χ3v) is 4.19. The molecule has 1 N–H and O–H groups in total. The summed E-state index contributed by atoms with van der Waals surface area (Å²) in [6.07, 6.45) is 0. The average molecular weight is 276 g/mol. The van der Waals surface area contributed by atoms with Crippen LogP contribution in [0.25, 0.3) is 0 Å². The molecule has 0 amide bonds. The van der Waals surface area contributed by atoms with Crippen molar-refractivity contribution in [2.24, 2.45) is 0 Å². The van der Waals surface area contributed by atoms with E-state index in [2.05, 4.69) is 56.1 Å². The minimum atomic E-state index is 0.575. The van der Waals surface area contributed by atoms with Crippen LogP contribution in [0.3, 0.4) is 0 Å². The first-order valence-corrected chi connectivity index (χ1v) is 7.80. The molecule has 0 spiro atoms. The Morgan fingerprint density at radius 3 is 2.60 bits per heavy atom. The molecule has 0 aromatic heterocycles. The second-order valence-electron chi connectivity index (χ2n) is 5.96. The summed E-state index contributed by atoms with van der Waals surface area (Å²) in [4.78, 5) is 2.49. The van der Waals surface area contributed by atoms with Crippen LogP contribution in [0.15, 0.2) is 18.2 Å². The summed E-state index contributed by atoms with van der Waals surface area (Å²) in [5.41, 5.74) is 2.74. The highest BCUT2D eigenvalue weighted by molar-refractivity contribution is 5.36. The standard InChI is InChI=1S/C17H28N2O/c1-5-19(15-11-18-12-15)8-9-20-16-6-7-17(13(2)3)14(4)10-16/h6-7,10,13,15,18H,5,8-9,11-12H2,1-4H3. The van der Waals surface area contributed by atoms with Crippen LogP contribution < -0.4 is 10.1 Å². The smallest absolute Gasteiger partial charge is 0.119 e. The van der Waals surface area contributed by atoms with Gasteiger partial charge in [-0.25, -0.2) is 0 Å². The first kappa shape index (κ1) is 15.3. The zero-order valence-corrected chi connectivity index (χ0v) is 13.3. The Bertz CT molecular complexity index is 427. The van der Waals surface area contributed by atoms with Gasteiger partial charge in [0.25, 0.3) is 0 Å². The van der Waals surface area contributed by atoms with E-state index < -0.39 is 0 Å². The maximum Gasteiger partial charge on any atom is 0.119 e. The molecule has 2 rings (SSSR count). The number of benzene rings is 1. The minimum absolute atomic E-state index is 0.575. The molecule has 3 heteroatoms. The molecule has 0 unspecified atom stereocenters. The van der Waals surface area contributed by atoms with E-state index in [1.807, 2.05) is 0 Å². The molecule has 0 bridgehead atoms. The molecular weight excluding hydrogens is 248 g/mol. The topological polar surface area (TPSA) is 24.5 Å². The van der Waals surface area contributed by atoms with Crippen LogP contribution in [0.4, 0.5) is 0 Å². The van der Waals surface area contributed by atoms with Gasteiger partial charge in [-0.2, -0.15) is 0 Å². The Morgan fingerprint density at radius 2 is 2.10 bits per heavy atom. The molecule has 1 aromatic rings. The lowest BCUT2D eigenvalue weighted by molar-refractivity contribution is 0.128. The zero-order chi connectivity index (χ0) is 14.5. The lowest BCUT2D eigenvalue weighted by Gasteiger charge is -2.37. The molecule has 1 heterocycles. The molecule has 0 saturated carbocycles. The van der Waals surface area contributed by atoms with Crippen molar-refractivity contribution < 1.29 is 4.74 Å². The molecule has 1 saturated heterocycles. The second-order valence-corrected chi connectivity index (χ2v) is 5.96. The number of nitrogens with one attached hydrogen (secondary N) is 1. The van der Waals surface area contributed by atoms with Gasteiger partial charge in [0.15, 0.2) is 0 Å². The molecule has 0 radical (unpaired) electrons. The van der Waals surface area contributed by atoms with Gasteiger partial charge in [-0.3, -0.25) is 4.90 Å². The van der Waals surface area contributed by atoms with Crippen LogP contribution >= 0.6 is 0 Å². The van der Waals surface area contributed by atoms with Crippen molar-refractivity contribution in [1.82, 2.24) is 10.2 Å². The summed E-state index contributed by atoms with van der Waals surface area (Å²) in [5, 5.41) is 3.33. The Labute approximate surface area is 123 Å². The van der Waals surface area contributed by atoms with Gasteiger partial charge in [0.1, 0.15) is 12.4 Å². The Morgan fingerprint density at radius 1 is 1.35 bits per heavy atom. The normalized spacial score (nSPS) is 15.7. The minimum Gasteiger partial charge on any atom is -0.492 e. The highest BCUT2D eigenvalue weighted by Crippen LogP contribution is 2.23. The summed E-state index contributed by atoms with van der Waals surface area (Å²) in [5.74, 6) is 1.57. The molecule has 1 aliphatic heterocycles. The Kier molecular flexibility index (Phi) is 5.44. The van der Waals surface area contributed by atoms with Gasteiger partial charge in [-0.05, 0) is 42.6 Å². The van der Waals surface area contributed by atoms with Crippen molar-refractivity contribution in [1.29, 1.82) is 0 Å². The van der Waals surface area contributed by atoms with Crippen molar-refractivity contribution >= 4 is 0 Å². The van der Waals surface area contributed by atoms with Crippen LogP contribution in [-0.2, 0) is 0 Å². The van der Waals surface area contributed by atoms with Crippen molar-refractivity contribution in [3.05, 3.63) is 29.3 Å². The van der Waals surface area contributed by atoms with Gasteiger partial charge in [0, 0.05) is 25.7 Å².